The molecule has 0 bridgehead atoms. The molecule has 0 rings (SSSR count). The van der Waals surface area contributed by atoms with Gasteiger partial charge in [-0.25, -0.2) is 9.59 Å². The average Bonchev–Trinajstić information content (AvgIpc) is 2.47. The van der Waals surface area contributed by atoms with Gasteiger partial charge in [0, 0.05) is 6.61 Å². The summed E-state index contributed by atoms with van der Waals surface area (Å²) in [4.78, 5) is 22.8. The van der Waals surface area contributed by atoms with Crippen LogP contribution < -0.4 is 0 Å². The second-order valence-corrected chi connectivity index (χ2v) is 4.70. The van der Waals surface area contributed by atoms with E-state index in [-0.39, 0.29) is 6.61 Å². The molecule has 0 N–H and O–H groups in total. The minimum absolute atomic E-state index is 0.155. The van der Waals surface area contributed by atoms with Gasteiger partial charge in [-0.15, -0.1) is 0 Å². The minimum atomic E-state index is -0.973. The van der Waals surface area contributed by atoms with Crippen molar-refractivity contribution in [3.05, 3.63) is 0 Å². The molecule has 0 aliphatic rings. The molecule has 6 heteroatoms. The molecular formula is C15H28O6. The highest BCUT2D eigenvalue weighted by Crippen LogP contribution is 2.00. The Morgan fingerprint density at radius 2 is 1.57 bits per heavy atom. The molecule has 0 fully saturated rings. The Bertz CT molecular complexity index is 279. The van der Waals surface area contributed by atoms with Crippen LogP contribution in [0.2, 0.25) is 0 Å². The Kier molecular flexibility index (Phi) is 12.8. The van der Waals surface area contributed by atoms with Crippen molar-refractivity contribution in [3.8, 4) is 0 Å². The van der Waals surface area contributed by atoms with E-state index in [0.29, 0.717) is 19.8 Å². The fraction of sp³-hybridized carbons (Fsp3) is 0.867. The predicted molar refractivity (Wildman–Crippen MR) is 78.1 cm³/mol. The first-order valence-electron chi connectivity index (χ1n) is 7.69. The number of ether oxygens (including phenoxy) is 4. The minimum Gasteiger partial charge on any atom is -0.461 e. The summed E-state index contributed by atoms with van der Waals surface area (Å²) in [5, 5.41) is 0. The van der Waals surface area contributed by atoms with Crippen molar-refractivity contribution in [3.63, 3.8) is 0 Å². The third-order valence-electron chi connectivity index (χ3n) is 2.69. The lowest BCUT2D eigenvalue weighted by atomic mass is 10.3. The molecule has 0 aromatic heterocycles. The van der Waals surface area contributed by atoms with E-state index in [4.69, 9.17) is 18.9 Å². The fourth-order valence-electron chi connectivity index (χ4n) is 1.40. The molecule has 0 spiro atoms. The molecule has 0 heterocycles. The second-order valence-electron chi connectivity index (χ2n) is 4.70. The van der Waals surface area contributed by atoms with E-state index in [2.05, 4.69) is 13.8 Å². The summed E-state index contributed by atoms with van der Waals surface area (Å²) in [5.74, 6) is -0.598. The van der Waals surface area contributed by atoms with Crippen LogP contribution in [0.4, 0.5) is 4.79 Å². The number of unbranched alkanes of at least 4 members (excludes halogenated alkanes) is 3. The summed E-state index contributed by atoms with van der Waals surface area (Å²) < 4.78 is 19.8. The summed E-state index contributed by atoms with van der Waals surface area (Å²) in [6.45, 7) is 7.05. The lowest BCUT2D eigenvalue weighted by molar-refractivity contribution is -0.155. The van der Waals surface area contributed by atoms with Gasteiger partial charge in [0.05, 0.1) is 13.2 Å². The largest absolute Gasteiger partial charge is 0.509 e. The van der Waals surface area contributed by atoms with Crippen LogP contribution in [0.3, 0.4) is 0 Å². The predicted octanol–water partition coefficient (Wildman–Crippen LogP) is 3.08. The number of hydrogen-bond acceptors (Lipinski definition) is 6. The van der Waals surface area contributed by atoms with Gasteiger partial charge < -0.3 is 18.9 Å². The van der Waals surface area contributed by atoms with Gasteiger partial charge in [-0.2, -0.15) is 0 Å². The first kappa shape index (κ1) is 19.7. The van der Waals surface area contributed by atoms with Crippen LogP contribution in [-0.2, 0) is 23.7 Å². The highest BCUT2D eigenvalue weighted by molar-refractivity contribution is 5.76. The van der Waals surface area contributed by atoms with E-state index in [1.807, 2.05) is 0 Å². The lowest BCUT2D eigenvalue weighted by Gasteiger charge is -2.12. The Morgan fingerprint density at radius 1 is 0.857 bits per heavy atom. The van der Waals surface area contributed by atoms with Crippen molar-refractivity contribution in [2.75, 3.05) is 26.4 Å². The molecule has 1 atom stereocenters. The smallest absolute Gasteiger partial charge is 0.461 e. The van der Waals surface area contributed by atoms with Crippen LogP contribution in [-0.4, -0.2) is 44.7 Å². The van der Waals surface area contributed by atoms with Crippen molar-refractivity contribution < 1.29 is 28.5 Å². The summed E-state index contributed by atoms with van der Waals surface area (Å²) >= 11 is 0. The van der Waals surface area contributed by atoms with Crippen LogP contribution in [0, 0.1) is 0 Å². The van der Waals surface area contributed by atoms with Gasteiger partial charge in [-0.1, -0.05) is 33.1 Å². The van der Waals surface area contributed by atoms with Gasteiger partial charge in [0.15, 0.2) is 6.10 Å². The van der Waals surface area contributed by atoms with Crippen LogP contribution >= 0.6 is 0 Å². The fourth-order valence-corrected chi connectivity index (χ4v) is 1.40. The lowest BCUT2D eigenvalue weighted by Crippen LogP contribution is -2.27. The molecule has 0 aliphatic heterocycles. The number of esters is 1. The topological polar surface area (TPSA) is 71.1 Å². The Balaban J connectivity index is 3.62. The zero-order valence-electron chi connectivity index (χ0n) is 13.4. The zero-order valence-corrected chi connectivity index (χ0v) is 13.4. The van der Waals surface area contributed by atoms with E-state index in [9.17, 15) is 9.59 Å². The van der Waals surface area contributed by atoms with Gasteiger partial charge in [0.1, 0.15) is 6.61 Å². The maximum Gasteiger partial charge on any atom is 0.509 e. The average molecular weight is 304 g/mol. The van der Waals surface area contributed by atoms with Gasteiger partial charge in [-0.05, 0) is 19.8 Å². The molecule has 6 nitrogen and oxygen atoms in total. The van der Waals surface area contributed by atoms with Crippen molar-refractivity contribution >= 4 is 12.1 Å². The monoisotopic (exact) mass is 304 g/mol. The van der Waals surface area contributed by atoms with Crippen LogP contribution in [0.1, 0.15) is 52.9 Å². The van der Waals surface area contributed by atoms with Crippen molar-refractivity contribution in [1.29, 1.82) is 0 Å². The Morgan fingerprint density at radius 3 is 2.24 bits per heavy atom. The zero-order chi connectivity index (χ0) is 15.9. The maximum atomic E-state index is 11.5. The molecule has 21 heavy (non-hydrogen) atoms. The number of rotatable bonds is 12. The number of hydrogen-bond donors (Lipinski definition) is 0. The van der Waals surface area contributed by atoms with Gasteiger partial charge in [0.25, 0.3) is 0 Å². The van der Waals surface area contributed by atoms with Crippen molar-refractivity contribution in [1.82, 2.24) is 0 Å². The first-order valence-corrected chi connectivity index (χ1v) is 7.69. The van der Waals surface area contributed by atoms with Crippen molar-refractivity contribution in [2.24, 2.45) is 0 Å². The summed E-state index contributed by atoms with van der Waals surface area (Å²) in [7, 11) is 0. The normalized spacial score (nSPS) is 11.8. The standard InChI is InChI=1S/C15H28O6/c1-4-6-8-10-20-15(17)21-13(3)14(16)19-12-11-18-9-7-5-2/h13H,4-12H2,1-3H3/t13-/m1/s1. The number of carbonyl (C=O) groups excluding carboxylic acids is 2. The van der Waals surface area contributed by atoms with E-state index >= 15 is 0 Å². The second kappa shape index (κ2) is 13.7. The highest BCUT2D eigenvalue weighted by atomic mass is 16.7. The molecule has 0 saturated heterocycles. The van der Waals surface area contributed by atoms with Crippen LogP contribution in [0.15, 0.2) is 0 Å². The van der Waals surface area contributed by atoms with Crippen LogP contribution in [0.25, 0.3) is 0 Å². The Hall–Kier alpha value is -1.30. The molecule has 124 valence electrons. The van der Waals surface area contributed by atoms with E-state index in [1.54, 1.807) is 0 Å². The Labute approximate surface area is 127 Å². The van der Waals surface area contributed by atoms with E-state index in [0.717, 1.165) is 32.1 Å². The van der Waals surface area contributed by atoms with Crippen molar-refractivity contribution in [2.45, 2.75) is 59.0 Å². The van der Waals surface area contributed by atoms with Crippen LogP contribution in [0.5, 0.6) is 0 Å². The molecule has 0 unspecified atom stereocenters. The molecule has 0 aliphatic carbocycles. The summed E-state index contributed by atoms with van der Waals surface area (Å²) in [6, 6.07) is 0. The summed E-state index contributed by atoms with van der Waals surface area (Å²) in [6.07, 6.45) is 3.06. The molecular weight excluding hydrogens is 276 g/mol. The molecule has 0 amide bonds. The first-order chi connectivity index (χ1) is 10.1. The molecule has 0 aromatic carbocycles. The van der Waals surface area contributed by atoms with Gasteiger partial charge in [-0.3, -0.25) is 0 Å². The van der Waals surface area contributed by atoms with Gasteiger partial charge >= 0.3 is 12.1 Å². The molecule has 0 aromatic rings. The highest BCUT2D eigenvalue weighted by Gasteiger charge is 2.19. The van der Waals surface area contributed by atoms with Gasteiger partial charge in [0.2, 0.25) is 0 Å². The molecule has 0 radical (unpaired) electrons. The quantitative estimate of drug-likeness (QED) is 0.407. The third-order valence-corrected chi connectivity index (χ3v) is 2.69. The summed E-state index contributed by atoms with van der Waals surface area (Å²) in [5.41, 5.74) is 0. The van der Waals surface area contributed by atoms with E-state index < -0.39 is 18.2 Å². The van der Waals surface area contributed by atoms with E-state index in [1.165, 1.54) is 6.92 Å². The third kappa shape index (κ3) is 12.2. The SMILES string of the molecule is CCCCCOC(=O)O[C@H](C)C(=O)OCCOCCCC. The maximum absolute atomic E-state index is 11.5. The molecule has 0 saturated carbocycles. The number of carbonyl (C=O) groups is 2.